The van der Waals surface area contributed by atoms with E-state index >= 15 is 0 Å². The van der Waals surface area contributed by atoms with E-state index in [1.165, 1.54) is 16.2 Å². The number of likely N-dealkylation sites (tertiary alicyclic amines) is 1. The monoisotopic (exact) mass is 562 g/mol. The largest absolute Gasteiger partial charge is 0.462 e. The highest BCUT2D eigenvalue weighted by molar-refractivity contribution is 7.17. The van der Waals surface area contributed by atoms with Gasteiger partial charge in [0, 0.05) is 21.4 Å². The normalized spacial score (nSPS) is 16.4. The third-order valence-corrected chi connectivity index (χ3v) is 8.60. The zero-order valence-electron chi connectivity index (χ0n) is 20.5. The van der Waals surface area contributed by atoms with E-state index in [-0.39, 0.29) is 17.8 Å². The maximum Gasteiger partial charge on any atom is 0.341 e. The van der Waals surface area contributed by atoms with Crippen LogP contribution in [-0.4, -0.2) is 46.6 Å². The van der Waals surface area contributed by atoms with E-state index < -0.39 is 0 Å². The molecule has 1 aliphatic carbocycles. The first-order chi connectivity index (χ1) is 17.9. The maximum absolute atomic E-state index is 13.2. The van der Waals surface area contributed by atoms with Crippen LogP contribution in [0.5, 0.6) is 0 Å². The van der Waals surface area contributed by atoms with Gasteiger partial charge < -0.3 is 14.6 Å². The van der Waals surface area contributed by atoms with Gasteiger partial charge in [-0.25, -0.2) is 4.79 Å². The summed E-state index contributed by atoms with van der Waals surface area (Å²) in [5.41, 5.74) is 2.27. The van der Waals surface area contributed by atoms with Gasteiger partial charge in [-0.1, -0.05) is 28.4 Å². The smallest absolute Gasteiger partial charge is 0.341 e. The molecule has 8 nitrogen and oxygen atoms in total. The Morgan fingerprint density at radius 3 is 2.76 bits per heavy atom. The predicted molar refractivity (Wildman–Crippen MR) is 143 cm³/mol. The highest BCUT2D eigenvalue weighted by Crippen LogP contribution is 2.39. The third kappa shape index (κ3) is 5.85. The van der Waals surface area contributed by atoms with E-state index in [4.69, 9.17) is 32.5 Å². The van der Waals surface area contributed by atoms with Crippen molar-refractivity contribution in [2.45, 2.75) is 52.0 Å². The van der Waals surface area contributed by atoms with Crippen molar-refractivity contribution in [2.75, 3.05) is 25.0 Å². The highest BCUT2D eigenvalue weighted by atomic mass is 35.5. The molecule has 0 bridgehead atoms. The molecule has 1 N–H and O–H groups in total. The van der Waals surface area contributed by atoms with Gasteiger partial charge in [0.2, 0.25) is 17.6 Å². The van der Waals surface area contributed by atoms with Crippen molar-refractivity contribution < 1.29 is 18.8 Å². The summed E-state index contributed by atoms with van der Waals surface area (Å²) in [5, 5.41) is 8.76. The molecule has 1 amide bonds. The number of fused-ring (bicyclic) bond motifs is 1. The summed E-state index contributed by atoms with van der Waals surface area (Å²) in [6, 6.07) is 5.14. The molecule has 1 saturated heterocycles. The fourth-order valence-corrected chi connectivity index (χ4v) is 6.70. The molecule has 0 spiro atoms. The quantitative estimate of drug-likeness (QED) is 0.352. The van der Waals surface area contributed by atoms with Gasteiger partial charge in [-0.2, -0.15) is 4.98 Å². The Kier molecular flexibility index (Phi) is 8.14. The summed E-state index contributed by atoms with van der Waals surface area (Å²) in [6.07, 6.45) is 5.37. The summed E-state index contributed by atoms with van der Waals surface area (Å²) in [5.74, 6) is 0.401. The number of anilines is 1. The first-order valence-corrected chi connectivity index (χ1v) is 14.1. The standard InChI is InChI=1S/C26H28Cl2N4O4S/c1-2-35-26(34)22-18-5-3-4-6-20(18)37-25(22)30-24(33)15-9-11-32(12-10-15)14-21-29-23(31-36-21)17-8-7-16(27)13-19(17)28/h7-8,13,15H,2-6,9-12,14H2,1H3,(H,30,33). The highest BCUT2D eigenvalue weighted by Gasteiger charge is 2.31. The summed E-state index contributed by atoms with van der Waals surface area (Å²) in [7, 11) is 0. The molecule has 0 saturated carbocycles. The molecule has 1 aliphatic heterocycles. The Bertz CT molecular complexity index is 1300. The number of ether oxygens (including phenoxy) is 1. The number of hydrogen-bond acceptors (Lipinski definition) is 8. The number of nitrogens with one attached hydrogen (secondary N) is 1. The molecule has 5 rings (SSSR count). The number of rotatable bonds is 7. The average Bonchev–Trinajstić information content (AvgIpc) is 3.48. The maximum atomic E-state index is 13.2. The van der Waals surface area contributed by atoms with Gasteiger partial charge in [0.15, 0.2) is 0 Å². The number of benzene rings is 1. The number of halogens is 2. The molecule has 1 fully saturated rings. The minimum Gasteiger partial charge on any atom is -0.462 e. The first-order valence-electron chi connectivity index (χ1n) is 12.6. The van der Waals surface area contributed by atoms with Crippen molar-refractivity contribution in [3.8, 4) is 11.4 Å². The second-order valence-electron chi connectivity index (χ2n) is 9.31. The summed E-state index contributed by atoms with van der Waals surface area (Å²) < 4.78 is 10.7. The third-order valence-electron chi connectivity index (χ3n) is 6.84. The van der Waals surface area contributed by atoms with Gasteiger partial charge in [-0.05, 0) is 82.3 Å². The van der Waals surface area contributed by atoms with Gasteiger partial charge in [-0.3, -0.25) is 9.69 Å². The number of aryl methyl sites for hydroxylation is 1. The number of esters is 1. The van der Waals surface area contributed by atoms with E-state index in [2.05, 4.69) is 20.4 Å². The molecule has 0 unspecified atom stereocenters. The van der Waals surface area contributed by atoms with Crippen LogP contribution in [0.2, 0.25) is 10.0 Å². The number of carbonyl (C=O) groups excluding carboxylic acids is 2. The van der Waals surface area contributed by atoms with Crippen molar-refractivity contribution in [2.24, 2.45) is 5.92 Å². The SMILES string of the molecule is CCOC(=O)c1c(NC(=O)C2CCN(Cc3nc(-c4ccc(Cl)cc4Cl)no3)CC2)sc2c1CCCC2. The van der Waals surface area contributed by atoms with Crippen LogP contribution in [0.1, 0.15) is 59.3 Å². The van der Waals surface area contributed by atoms with Crippen LogP contribution in [-0.2, 0) is 28.9 Å². The molecule has 2 aliphatic rings. The molecule has 1 aromatic carbocycles. The molecular formula is C26H28Cl2N4O4S. The number of aromatic nitrogens is 2. The van der Waals surface area contributed by atoms with Crippen LogP contribution in [0.25, 0.3) is 11.4 Å². The molecule has 3 aromatic rings. The Morgan fingerprint density at radius 1 is 1.22 bits per heavy atom. The van der Waals surface area contributed by atoms with Crippen molar-refractivity contribution in [3.05, 3.63) is 50.1 Å². The fourth-order valence-electron chi connectivity index (χ4n) is 4.93. The van der Waals surface area contributed by atoms with Crippen molar-refractivity contribution in [1.82, 2.24) is 15.0 Å². The number of piperidine rings is 1. The predicted octanol–water partition coefficient (Wildman–Crippen LogP) is 6.01. The number of amides is 1. The van der Waals surface area contributed by atoms with Crippen LogP contribution in [0.15, 0.2) is 22.7 Å². The number of nitrogens with zero attached hydrogens (tertiary/aromatic N) is 3. The zero-order valence-corrected chi connectivity index (χ0v) is 22.8. The lowest BCUT2D eigenvalue weighted by Crippen LogP contribution is -2.37. The second-order valence-corrected chi connectivity index (χ2v) is 11.3. The van der Waals surface area contributed by atoms with Crippen LogP contribution >= 0.6 is 34.5 Å². The molecule has 3 heterocycles. The van der Waals surface area contributed by atoms with Crippen molar-refractivity contribution in [3.63, 3.8) is 0 Å². The van der Waals surface area contributed by atoms with Crippen LogP contribution < -0.4 is 5.32 Å². The molecule has 11 heteroatoms. The summed E-state index contributed by atoms with van der Waals surface area (Å²) >= 11 is 13.8. The first kappa shape index (κ1) is 26.2. The Morgan fingerprint density at radius 2 is 2.00 bits per heavy atom. The van der Waals surface area contributed by atoms with E-state index in [1.54, 1.807) is 25.1 Å². The van der Waals surface area contributed by atoms with Crippen LogP contribution in [0.3, 0.4) is 0 Å². The average molecular weight is 564 g/mol. The summed E-state index contributed by atoms with van der Waals surface area (Å²) in [6.45, 7) is 4.05. The van der Waals surface area contributed by atoms with Gasteiger partial charge in [0.1, 0.15) is 5.00 Å². The van der Waals surface area contributed by atoms with Gasteiger partial charge in [0.25, 0.3) is 0 Å². The lowest BCUT2D eigenvalue weighted by molar-refractivity contribution is -0.121. The van der Waals surface area contributed by atoms with E-state index in [1.807, 2.05) is 0 Å². The van der Waals surface area contributed by atoms with Crippen molar-refractivity contribution >= 4 is 51.4 Å². The molecule has 0 atom stereocenters. The number of carbonyl (C=O) groups is 2. The minimum absolute atomic E-state index is 0.0405. The minimum atomic E-state index is -0.342. The fraction of sp³-hybridized carbons (Fsp3) is 0.462. The summed E-state index contributed by atoms with van der Waals surface area (Å²) in [4.78, 5) is 33.7. The van der Waals surface area contributed by atoms with E-state index in [0.717, 1.165) is 44.3 Å². The van der Waals surface area contributed by atoms with Crippen molar-refractivity contribution in [1.29, 1.82) is 0 Å². The lowest BCUT2D eigenvalue weighted by Gasteiger charge is -2.30. The van der Waals surface area contributed by atoms with Gasteiger partial charge in [-0.15, -0.1) is 11.3 Å². The van der Waals surface area contributed by atoms with Gasteiger partial charge in [0.05, 0.1) is 23.7 Å². The zero-order chi connectivity index (χ0) is 25.9. The van der Waals surface area contributed by atoms with E-state index in [0.29, 0.717) is 63.9 Å². The lowest BCUT2D eigenvalue weighted by atomic mass is 9.94. The van der Waals surface area contributed by atoms with E-state index in [9.17, 15) is 9.59 Å². The molecule has 2 aromatic heterocycles. The molecular weight excluding hydrogens is 535 g/mol. The Hall–Kier alpha value is -2.46. The van der Waals surface area contributed by atoms with Gasteiger partial charge >= 0.3 is 5.97 Å². The molecule has 196 valence electrons. The topological polar surface area (TPSA) is 97.6 Å². The Balaban J connectivity index is 1.19. The number of thiophene rings is 1. The molecule has 0 radical (unpaired) electrons. The van der Waals surface area contributed by atoms with Crippen LogP contribution in [0, 0.1) is 5.92 Å². The number of hydrogen-bond donors (Lipinski definition) is 1. The van der Waals surface area contributed by atoms with Crippen LogP contribution in [0.4, 0.5) is 5.00 Å². The second kappa shape index (κ2) is 11.5. The Labute approximate surface area is 229 Å². The molecule has 37 heavy (non-hydrogen) atoms.